The lowest BCUT2D eigenvalue weighted by atomic mass is 10.0. The molecular weight excluding hydrogens is 432 g/mol. The molecule has 4 rings (SSSR count). The van der Waals surface area contributed by atoms with Gasteiger partial charge in [-0.2, -0.15) is 0 Å². The number of carbonyl (C=O) groups excluding carboxylic acids is 1. The third kappa shape index (κ3) is 6.11. The second-order valence-corrected chi connectivity index (χ2v) is 9.04. The number of nitrogens with zero attached hydrogens (tertiary/aromatic N) is 3. The Labute approximate surface area is 200 Å². The fourth-order valence-corrected chi connectivity index (χ4v) is 4.21. The van der Waals surface area contributed by atoms with E-state index in [1.807, 2.05) is 42.5 Å². The van der Waals surface area contributed by atoms with Gasteiger partial charge in [0, 0.05) is 65.7 Å². The van der Waals surface area contributed by atoms with Crippen molar-refractivity contribution >= 4 is 34.0 Å². The van der Waals surface area contributed by atoms with Crippen LogP contribution in [-0.2, 0) is 0 Å². The molecule has 0 radical (unpaired) electrons. The summed E-state index contributed by atoms with van der Waals surface area (Å²) < 4.78 is 0. The van der Waals surface area contributed by atoms with Crippen LogP contribution in [0.4, 0.5) is 5.82 Å². The first-order valence-corrected chi connectivity index (χ1v) is 11.8. The highest BCUT2D eigenvalue weighted by Gasteiger charge is 2.13. The standard InChI is InChI=1S/C27H29ClN4O/c1-31-14-16-32(17-15-31)13-3-2-4-26(33)21-8-5-20(6-9-21)7-12-24-25-18-23(28)11-10-22(25)19-30-27(24)29/h5-6,8-11,18-19H,2-4,13-17H2,1H3,(H2,29,30). The fourth-order valence-electron chi connectivity index (χ4n) is 4.04. The summed E-state index contributed by atoms with van der Waals surface area (Å²) in [7, 11) is 2.17. The van der Waals surface area contributed by atoms with Crippen molar-refractivity contribution in [2.75, 3.05) is 45.5 Å². The van der Waals surface area contributed by atoms with E-state index in [2.05, 4.69) is 33.7 Å². The van der Waals surface area contributed by atoms with E-state index in [-0.39, 0.29) is 5.78 Å². The predicted octanol–water partition coefficient (Wildman–Crippen LogP) is 4.47. The second-order valence-electron chi connectivity index (χ2n) is 8.60. The zero-order chi connectivity index (χ0) is 23.2. The van der Waals surface area contributed by atoms with Gasteiger partial charge in [-0.1, -0.05) is 41.6 Å². The lowest BCUT2D eigenvalue weighted by Crippen LogP contribution is -2.44. The summed E-state index contributed by atoms with van der Waals surface area (Å²) >= 11 is 6.15. The van der Waals surface area contributed by atoms with E-state index in [0.717, 1.165) is 67.5 Å². The molecule has 1 aromatic heterocycles. The highest BCUT2D eigenvalue weighted by atomic mass is 35.5. The van der Waals surface area contributed by atoms with E-state index in [9.17, 15) is 4.79 Å². The number of rotatable bonds is 6. The minimum atomic E-state index is 0.185. The average molecular weight is 461 g/mol. The summed E-state index contributed by atoms with van der Waals surface area (Å²) in [5.41, 5.74) is 8.29. The smallest absolute Gasteiger partial charge is 0.162 e. The zero-order valence-corrected chi connectivity index (χ0v) is 19.7. The third-order valence-corrected chi connectivity index (χ3v) is 6.38. The molecule has 2 aromatic carbocycles. The van der Waals surface area contributed by atoms with Gasteiger partial charge in [0.25, 0.3) is 0 Å². The van der Waals surface area contributed by atoms with Crippen molar-refractivity contribution in [2.24, 2.45) is 0 Å². The number of ketones is 1. The molecule has 2 heterocycles. The molecule has 0 aliphatic carbocycles. The first kappa shape index (κ1) is 23.3. The number of carbonyl (C=O) groups is 1. The van der Waals surface area contributed by atoms with Crippen LogP contribution in [0.25, 0.3) is 10.8 Å². The monoisotopic (exact) mass is 460 g/mol. The van der Waals surface area contributed by atoms with Gasteiger partial charge in [-0.15, -0.1) is 0 Å². The molecule has 0 amide bonds. The largest absolute Gasteiger partial charge is 0.383 e. The minimum Gasteiger partial charge on any atom is -0.383 e. The Morgan fingerprint density at radius 3 is 2.58 bits per heavy atom. The van der Waals surface area contributed by atoms with Gasteiger partial charge >= 0.3 is 0 Å². The van der Waals surface area contributed by atoms with Crippen molar-refractivity contribution in [1.29, 1.82) is 0 Å². The highest BCUT2D eigenvalue weighted by Crippen LogP contribution is 2.25. The molecule has 1 aliphatic rings. The van der Waals surface area contributed by atoms with Crippen LogP contribution in [0, 0.1) is 11.8 Å². The van der Waals surface area contributed by atoms with Gasteiger partial charge in [0.1, 0.15) is 5.82 Å². The van der Waals surface area contributed by atoms with Crippen LogP contribution in [0.2, 0.25) is 5.02 Å². The number of pyridine rings is 1. The molecule has 6 heteroatoms. The number of fused-ring (bicyclic) bond motifs is 1. The van der Waals surface area contributed by atoms with E-state index < -0.39 is 0 Å². The number of hydrogen-bond acceptors (Lipinski definition) is 5. The number of halogens is 1. The number of nitrogens with two attached hydrogens (primary N) is 1. The average Bonchev–Trinajstić information content (AvgIpc) is 2.82. The van der Waals surface area contributed by atoms with Crippen molar-refractivity contribution in [3.63, 3.8) is 0 Å². The topological polar surface area (TPSA) is 62.5 Å². The maximum absolute atomic E-state index is 12.6. The maximum Gasteiger partial charge on any atom is 0.162 e. The summed E-state index contributed by atoms with van der Waals surface area (Å²) in [6, 6.07) is 13.0. The molecule has 0 unspecified atom stereocenters. The number of anilines is 1. The molecule has 0 atom stereocenters. The first-order chi connectivity index (χ1) is 16.0. The Kier molecular flexibility index (Phi) is 7.61. The van der Waals surface area contributed by atoms with Crippen LogP contribution in [0.15, 0.2) is 48.7 Å². The van der Waals surface area contributed by atoms with E-state index in [4.69, 9.17) is 17.3 Å². The zero-order valence-electron chi connectivity index (χ0n) is 19.0. The van der Waals surface area contributed by atoms with Gasteiger partial charge in [-0.05, 0) is 50.7 Å². The summed E-state index contributed by atoms with van der Waals surface area (Å²) in [6.45, 7) is 5.59. The van der Waals surface area contributed by atoms with Gasteiger partial charge < -0.3 is 15.5 Å². The normalized spacial score (nSPS) is 14.7. The van der Waals surface area contributed by atoms with E-state index >= 15 is 0 Å². The predicted molar refractivity (Wildman–Crippen MR) is 136 cm³/mol. The lowest BCUT2D eigenvalue weighted by Gasteiger charge is -2.32. The quantitative estimate of drug-likeness (QED) is 0.334. The molecule has 33 heavy (non-hydrogen) atoms. The Morgan fingerprint density at radius 1 is 1.06 bits per heavy atom. The van der Waals surface area contributed by atoms with Gasteiger partial charge in [0.15, 0.2) is 5.78 Å². The van der Waals surface area contributed by atoms with Crippen LogP contribution in [0.3, 0.4) is 0 Å². The maximum atomic E-state index is 12.6. The molecule has 3 aromatic rings. The van der Waals surface area contributed by atoms with E-state index in [0.29, 0.717) is 22.8 Å². The first-order valence-electron chi connectivity index (χ1n) is 11.4. The number of benzene rings is 2. The highest BCUT2D eigenvalue weighted by molar-refractivity contribution is 6.31. The second kappa shape index (κ2) is 10.8. The molecule has 2 N–H and O–H groups in total. The van der Waals surface area contributed by atoms with Crippen molar-refractivity contribution < 1.29 is 4.79 Å². The number of Topliss-reactive ketones (excluding diaryl/α,β-unsaturated/α-hetero) is 1. The summed E-state index contributed by atoms with van der Waals surface area (Å²) in [5.74, 6) is 6.83. The van der Waals surface area contributed by atoms with Crippen molar-refractivity contribution in [2.45, 2.75) is 19.3 Å². The Bertz CT molecular complexity index is 1180. The van der Waals surface area contributed by atoms with Crippen molar-refractivity contribution in [1.82, 2.24) is 14.8 Å². The molecule has 1 aliphatic heterocycles. The Morgan fingerprint density at radius 2 is 1.82 bits per heavy atom. The molecule has 0 bridgehead atoms. The van der Waals surface area contributed by atoms with Gasteiger partial charge in [0.05, 0.1) is 5.56 Å². The number of unbranched alkanes of at least 4 members (excludes halogenated alkanes) is 1. The van der Waals surface area contributed by atoms with E-state index in [1.165, 1.54) is 0 Å². The number of piperazine rings is 1. The lowest BCUT2D eigenvalue weighted by molar-refractivity contribution is 0.0975. The Balaban J connectivity index is 1.34. The number of hydrogen-bond donors (Lipinski definition) is 1. The van der Waals surface area contributed by atoms with Crippen LogP contribution >= 0.6 is 11.6 Å². The van der Waals surface area contributed by atoms with Crippen molar-refractivity contribution in [3.05, 3.63) is 70.4 Å². The molecule has 1 saturated heterocycles. The van der Waals surface area contributed by atoms with Crippen LogP contribution < -0.4 is 5.73 Å². The summed E-state index contributed by atoms with van der Waals surface area (Å²) in [4.78, 5) is 21.6. The molecule has 5 nitrogen and oxygen atoms in total. The van der Waals surface area contributed by atoms with Crippen LogP contribution in [0.5, 0.6) is 0 Å². The van der Waals surface area contributed by atoms with E-state index in [1.54, 1.807) is 6.20 Å². The van der Waals surface area contributed by atoms with Crippen molar-refractivity contribution in [3.8, 4) is 11.8 Å². The summed E-state index contributed by atoms with van der Waals surface area (Å²) in [5, 5.41) is 2.44. The minimum absolute atomic E-state index is 0.185. The fraction of sp³-hybridized carbons (Fsp3) is 0.333. The SMILES string of the molecule is CN1CCN(CCCCC(=O)c2ccc(C#Cc3c(N)ncc4ccc(Cl)cc34)cc2)CC1. The molecule has 170 valence electrons. The van der Waals surface area contributed by atoms with Gasteiger partial charge in [0.2, 0.25) is 0 Å². The van der Waals surface area contributed by atoms with Gasteiger partial charge in [-0.25, -0.2) is 4.98 Å². The molecule has 1 fully saturated rings. The molecule has 0 spiro atoms. The molecular formula is C27H29ClN4O. The van der Waals surface area contributed by atoms with Crippen LogP contribution in [-0.4, -0.2) is 60.3 Å². The number of aromatic nitrogens is 1. The Hall–Kier alpha value is -2.91. The van der Waals surface area contributed by atoms with Gasteiger partial charge in [-0.3, -0.25) is 4.79 Å². The molecule has 0 saturated carbocycles. The third-order valence-electron chi connectivity index (χ3n) is 6.15. The number of likely N-dealkylation sites (N-methyl/N-ethyl adjacent to an activating group) is 1. The van der Waals surface area contributed by atoms with Crippen LogP contribution in [0.1, 0.15) is 40.7 Å². The number of nitrogen functional groups attached to an aromatic ring is 1. The summed E-state index contributed by atoms with van der Waals surface area (Å²) in [6.07, 6.45) is 4.28.